The first-order chi connectivity index (χ1) is 11.5. The van der Waals surface area contributed by atoms with Gasteiger partial charge in [0.05, 0.1) is 5.69 Å². The molecule has 0 aliphatic carbocycles. The number of rotatable bonds is 3. The average molecular weight is 327 g/mol. The van der Waals surface area contributed by atoms with E-state index in [1.54, 1.807) is 10.7 Å². The zero-order valence-corrected chi connectivity index (χ0v) is 13.9. The number of nitrogens with zero attached hydrogens (tertiary/aromatic N) is 3. The van der Waals surface area contributed by atoms with Crippen molar-refractivity contribution >= 4 is 11.9 Å². The molecule has 1 aromatic heterocycles. The predicted molar refractivity (Wildman–Crippen MR) is 89.3 cm³/mol. The third kappa shape index (κ3) is 3.04. The monoisotopic (exact) mass is 327 g/mol. The summed E-state index contributed by atoms with van der Waals surface area (Å²) in [6.07, 6.45) is 2.16. The molecule has 3 rings (SSSR count). The van der Waals surface area contributed by atoms with Crippen molar-refractivity contribution in [1.82, 2.24) is 14.7 Å². The maximum absolute atomic E-state index is 12.8. The Kier molecular flexibility index (Phi) is 4.38. The van der Waals surface area contributed by atoms with Crippen molar-refractivity contribution in [1.29, 1.82) is 0 Å². The number of aromatic nitrogens is 2. The van der Waals surface area contributed by atoms with Crippen molar-refractivity contribution in [2.24, 2.45) is 0 Å². The van der Waals surface area contributed by atoms with E-state index in [1.807, 2.05) is 38.1 Å². The van der Waals surface area contributed by atoms with Crippen LogP contribution in [0.3, 0.4) is 0 Å². The molecule has 2 heterocycles. The number of aliphatic carboxylic acids is 1. The van der Waals surface area contributed by atoms with Gasteiger partial charge in [0.1, 0.15) is 6.04 Å². The summed E-state index contributed by atoms with van der Waals surface area (Å²) in [5.74, 6) is -1.26. The fourth-order valence-corrected chi connectivity index (χ4v) is 3.10. The molecule has 1 atom stereocenters. The first kappa shape index (κ1) is 16.2. The van der Waals surface area contributed by atoms with Crippen LogP contribution in [-0.2, 0) is 4.79 Å². The second-order valence-electron chi connectivity index (χ2n) is 6.27. The lowest BCUT2D eigenvalue weighted by Gasteiger charge is -2.32. The quantitative estimate of drug-likeness (QED) is 0.940. The summed E-state index contributed by atoms with van der Waals surface area (Å²) in [4.78, 5) is 25.6. The zero-order valence-electron chi connectivity index (χ0n) is 13.9. The number of carboxylic acid groups (broad SMARTS) is 1. The Bertz CT molecular complexity index is 764. The van der Waals surface area contributed by atoms with Crippen LogP contribution >= 0.6 is 0 Å². The molecule has 6 heteroatoms. The summed E-state index contributed by atoms with van der Waals surface area (Å²) in [6, 6.07) is 8.84. The van der Waals surface area contributed by atoms with E-state index in [9.17, 15) is 14.7 Å². The van der Waals surface area contributed by atoms with Gasteiger partial charge in [0.25, 0.3) is 5.91 Å². The highest BCUT2D eigenvalue weighted by atomic mass is 16.4. The Balaban J connectivity index is 1.89. The molecule has 2 aromatic rings. The summed E-state index contributed by atoms with van der Waals surface area (Å²) >= 11 is 0. The molecule has 24 heavy (non-hydrogen) atoms. The maximum atomic E-state index is 12.8. The first-order valence-corrected chi connectivity index (χ1v) is 8.15. The second kappa shape index (κ2) is 6.47. The van der Waals surface area contributed by atoms with Crippen LogP contribution in [0.4, 0.5) is 0 Å². The highest BCUT2D eigenvalue weighted by Crippen LogP contribution is 2.21. The van der Waals surface area contributed by atoms with E-state index in [-0.39, 0.29) is 5.91 Å². The molecule has 1 aliphatic heterocycles. The molecule has 1 amide bonds. The zero-order chi connectivity index (χ0) is 17.3. The predicted octanol–water partition coefficient (Wildman–Crippen LogP) is 2.57. The topological polar surface area (TPSA) is 75.4 Å². The van der Waals surface area contributed by atoms with Crippen LogP contribution in [0.2, 0.25) is 0 Å². The van der Waals surface area contributed by atoms with Crippen molar-refractivity contribution in [2.45, 2.75) is 39.2 Å². The van der Waals surface area contributed by atoms with Gasteiger partial charge in [-0.3, -0.25) is 4.79 Å². The van der Waals surface area contributed by atoms with Gasteiger partial charge in [0.15, 0.2) is 5.69 Å². The molecule has 1 fully saturated rings. The van der Waals surface area contributed by atoms with Crippen LogP contribution in [0.25, 0.3) is 5.69 Å². The van der Waals surface area contributed by atoms with Crippen LogP contribution in [0.5, 0.6) is 0 Å². The summed E-state index contributed by atoms with van der Waals surface area (Å²) in [6.45, 7) is 4.36. The number of aryl methyl sites for hydroxylation is 2. The smallest absolute Gasteiger partial charge is 0.326 e. The summed E-state index contributed by atoms with van der Waals surface area (Å²) in [5.41, 5.74) is 3.16. The van der Waals surface area contributed by atoms with Crippen molar-refractivity contribution in [3.8, 4) is 5.69 Å². The lowest BCUT2D eigenvalue weighted by Crippen LogP contribution is -2.48. The van der Waals surface area contributed by atoms with Gasteiger partial charge in [-0.05, 0) is 51.3 Å². The lowest BCUT2D eigenvalue weighted by molar-refractivity contribution is -0.143. The molecule has 126 valence electrons. The Morgan fingerprint density at radius 2 is 1.88 bits per heavy atom. The molecule has 0 saturated carbocycles. The van der Waals surface area contributed by atoms with E-state index in [4.69, 9.17) is 0 Å². The van der Waals surface area contributed by atoms with Crippen LogP contribution < -0.4 is 0 Å². The number of hydrogen-bond donors (Lipinski definition) is 1. The fraction of sp³-hybridized carbons (Fsp3) is 0.389. The van der Waals surface area contributed by atoms with Gasteiger partial charge < -0.3 is 10.0 Å². The average Bonchev–Trinajstić information content (AvgIpc) is 2.96. The van der Waals surface area contributed by atoms with Gasteiger partial charge in [-0.15, -0.1) is 0 Å². The SMILES string of the molecule is Cc1ccc(-n2nc(C(=O)N3CCCC[C@@H]3C(=O)O)cc2C)cc1. The third-order valence-corrected chi connectivity index (χ3v) is 4.43. The van der Waals surface area contributed by atoms with Gasteiger partial charge in [-0.2, -0.15) is 5.10 Å². The van der Waals surface area contributed by atoms with Crippen LogP contribution in [-0.4, -0.2) is 44.3 Å². The van der Waals surface area contributed by atoms with Gasteiger partial charge in [-0.1, -0.05) is 17.7 Å². The molecule has 1 N–H and O–H groups in total. The minimum Gasteiger partial charge on any atom is -0.480 e. The van der Waals surface area contributed by atoms with E-state index >= 15 is 0 Å². The molecular formula is C18H21N3O3. The standard InChI is InChI=1S/C18H21N3O3/c1-12-6-8-14(9-7-12)21-13(2)11-15(19-21)17(22)20-10-4-3-5-16(20)18(23)24/h6-9,11,16H,3-5,10H2,1-2H3,(H,23,24)/t16-/m1/s1. The van der Waals surface area contributed by atoms with E-state index in [2.05, 4.69) is 5.10 Å². The van der Waals surface area contributed by atoms with Crippen LogP contribution in [0.1, 0.15) is 41.0 Å². The summed E-state index contributed by atoms with van der Waals surface area (Å²) < 4.78 is 1.71. The van der Waals surface area contributed by atoms with Crippen molar-refractivity contribution in [2.75, 3.05) is 6.54 Å². The van der Waals surface area contributed by atoms with Gasteiger partial charge >= 0.3 is 5.97 Å². The van der Waals surface area contributed by atoms with E-state index in [1.165, 1.54) is 4.90 Å². The summed E-state index contributed by atoms with van der Waals surface area (Å²) in [7, 11) is 0. The number of hydrogen-bond acceptors (Lipinski definition) is 3. The van der Waals surface area contributed by atoms with E-state index in [0.717, 1.165) is 29.8 Å². The number of carboxylic acids is 1. The number of carbonyl (C=O) groups excluding carboxylic acids is 1. The minimum atomic E-state index is -0.947. The Morgan fingerprint density at radius 3 is 2.54 bits per heavy atom. The molecule has 1 saturated heterocycles. The Labute approximate surface area is 140 Å². The van der Waals surface area contributed by atoms with Crippen LogP contribution in [0.15, 0.2) is 30.3 Å². The third-order valence-electron chi connectivity index (χ3n) is 4.43. The molecule has 1 aliphatic rings. The first-order valence-electron chi connectivity index (χ1n) is 8.15. The highest BCUT2D eigenvalue weighted by Gasteiger charge is 2.33. The largest absolute Gasteiger partial charge is 0.480 e. The summed E-state index contributed by atoms with van der Waals surface area (Å²) in [5, 5.41) is 13.8. The van der Waals surface area contributed by atoms with Gasteiger partial charge in [0, 0.05) is 12.2 Å². The van der Waals surface area contributed by atoms with E-state index < -0.39 is 12.0 Å². The number of likely N-dealkylation sites (tertiary alicyclic amines) is 1. The number of carbonyl (C=O) groups is 2. The minimum absolute atomic E-state index is 0.293. The van der Waals surface area contributed by atoms with Gasteiger partial charge in [0.2, 0.25) is 0 Å². The lowest BCUT2D eigenvalue weighted by atomic mass is 10.0. The molecule has 0 unspecified atom stereocenters. The molecule has 0 bridgehead atoms. The molecule has 1 aromatic carbocycles. The number of amides is 1. The maximum Gasteiger partial charge on any atom is 0.326 e. The highest BCUT2D eigenvalue weighted by molar-refractivity contribution is 5.95. The van der Waals surface area contributed by atoms with E-state index in [0.29, 0.717) is 18.7 Å². The fourth-order valence-electron chi connectivity index (χ4n) is 3.10. The van der Waals surface area contributed by atoms with Crippen molar-refractivity contribution < 1.29 is 14.7 Å². The van der Waals surface area contributed by atoms with Crippen molar-refractivity contribution in [3.63, 3.8) is 0 Å². The number of benzene rings is 1. The second-order valence-corrected chi connectivity index (χ2v) is 6.27. The molecule has 0 spiro atoms. The Morgan fingerprint density at radius 1 is 1.17 bits per heavy atom. The Hall–Kier alpha value is -2.63. The molecular weight excluding hydrogens is 306 g/mol. The normalized spacial score (nSPS) is 17.8. The molecule has 0 radical (unpaired) electrons. The van der Waals surface area contributed by atoms with Gasteiger partial charge in [-0.25, -0.2) is 9.48 Å². The molecule has 6 nitrogen and oxygen atoms in total. The van der Waals surface area contributed by atoms with Crippen molar-refractivity contribution in [3.05, 3.63) is 47.3 Å². The van der Waals surface area contributed by atoms with Crippen LogP contribution in [0, 0.1) is 13.8 Å². The number of piperidine rings is 1.